The summed E-state index contributed by atoms with van der Waals surface area (Å²) in [5.41, 5.74) is 2.05. The quantitative estimate of drug-likeness (QED) is 0.294. The molecule has 0 aliphatic rings. The summed E-state index contributed by atoms with van der Waals surface area (Å²) >= 11 is 13.0. The van der Waals surface area contributed by atoms with Gasteiger partial charge in [0.2, 0.25) is 0 Å². The van der Waals surface area contributed by atoms with Gasteiger partial charge in [-0.2, -0.15) is 0 Å². The summed E-state index contributed by atoms with van der Waals surface area (Å²) in [6.45, 7) is 0.424. The first-order valence-corrected chi connectivity index (χ1v) is 11.9. The molecule has 172 valence electrons. The van der Waals surface area contributed by atoms with Crippen molar-refractivity contribution in [3.05, 3.63) is 93.8 Å². The Morgan fingerprint density at radius 3 is 2.56 bits per heavy atom. The molecule has 0 atom stereocenters. The van der Waals surface area contributed by atoms with Gasteiger partial charge in [-0.15, -0.1) is 11.3 Å². The van der Waals surface area contributed by atoms with Gasteiger partial charge in [-0.3, -0.25) is 14.9 Å². The highest BCUT2D eigenvalue weighted by Crippen LogP contribution is 2.37. The van der Waals surface area contributed by atoms with Crippen LogP contribution in [0.2, 0.25) is 5.02 Å². The Morgan fingerprint density at radius 2 is 1.79 bits per heavy atom. The van der Waals surface area contributed by atoms with Crippen LogP contribution in [0.25, 0.3) is 10.1 Å². The Balaban J connectivity index is 1.39. The lowest BCUT2D eigenvalue weighted by Crippen LogP contribution is -2.33. The van der Waals surface area contributed by atoms with E-state index in [1.165, 1.54) is 11.3 Å². The monoisotopic (exact) mass is 509 g/mol. The van der Waals surface area contributed by atoms with Crippen LogP contribution in [-0.4, -0.2) is 24.0 Å². The number of thiocarbonyl (C=S) groups is 1. The number of benzene rings is 3. The van der Waals surface area contributed by atoms with E-state index in [-0.39, 0.29) is 11.0 Å². The van der Waals surface area contributed by atoms with Crippen LogP contribution < -0.4 is 20.7 Å². The molecule has 0 bridgehead atoms. The van der Waals surface area contributed by atoms with Crippen molar-refractivity contribution in [3.63, 3.8) is 0 Å². The average Bonchev–Trinajstić information content (AvgIpc) is 3.19. The SMILES string of the molecule is COc1ccc2c(Cl)c(C(=O)NC(=S)Nc3cccc(C(=O)NCc4ccccc4)c3)sc2c1. The predicted molar refractivity (Wildman–Crippen MR) is 141 cm³/mol. The summed E-state index contributed by atoms with van der Waals surface area (Å²) in [5.74, 6) is 0.0524. The van der Waals surface area contributed by atoms with Crippen molar-refractivity contribution < 1.29 is 14.3 Å². The van der Waals surface area contributed by atoms with Gasteiger partial charge in [0, 0.05) is 27.9 Å². The summed E-state index contributed by atoms with van der Waals surface area (Å²) in [5, 5.41) is 9.70. The molecule has 1 aromatic heterocycles. The number of amides is 2. The molecule has 3 N–H and O–H groups in total. The van der Waals surface area contributed by atoms with Gasteiger partial charge < -0.3 is 15.4 Å². The van der Waals surface area contributed by atoms with E-state index in [4.69, 9.17) is 28.6 Å². The van der Waals surface area contributed by atoms with Crippen molar-refractivity contribution in [2.75, 3.05) is 12.4 Å². The third-order valence-electron chi connectivity index (χ3n) is 4.95. The Morgan fingerprint density at radius 1 is 1.00 bits per heavy atom. The van der Waals surface area contributed by atoms with Crippen molar-refractivity contribution in [2.24, 2.45) is 0 Å². The van der Waals surface area contributed by atoms with Crippen LogP contribution in [0.15, 0.2) is 72.8 Å². The Bertz CT molecular complexity index is 1370. The molecule has 9 heteroatoms. The van der Waals surface area contributed by atoms with Gasteiger partial charge in [-0.25, -0.2) is 0 Å². The molecule has 2 amide bonds. The Hall–Kier alpha value is -3.46. The zero-order chi connectivity index (χ0) is 24.1. The first-order chi connectivity index (χ1) is 16.4. The van der Waals surface area contributed by atoms with Gasteiger partial charge in [0.1, 0.15) is 10.6 Å². The van der Waals surface area contributed by atoms with Gasteiger partial charge in [0.25, 0.3) is 11.8 Å². The number of nitrogens with one attached hydrogen (secondary N) is 3. The molecule has 0 radical (unpaired) electrons. The lowest BCUT2D eigenvalue weighted by Gasteiger charge is -2.11. The number of rotatable bonds is 6. The number of halogens is 1. The van der Waals surface area contributed by atoms with Crippen molar-refractivity contribution >= 4 is 67.9 Å². The van der Waals surface area contributed by atoms with E-state index >= 15 is 0 Å². The summed E-state index contributed by atoms with van der Waals surface area (Å²) in [6, 6.07) is 21.9. The molecule has 4 rings (SSSR count). The minimum absolute atomic E-state index is 0.0953. The highest BCUT2D eigenvalue weighted by atomic mass is 35.5. The summed E-state index contributed by atoms with van der Waals surface area (Å²) in [4.78, 5) is 25.7. The predicted octanol–water partition coefficient (Wildman–Crippen LogP) is 5.62. The number of hydrogen-bond donors (Lipinski definition) is 3. The topological polar surface area (TPSA) is 79.5 Å². The number of thiophene rings is 1. The average molecular weight is 510 g/mol. The standard InChI is InChI=1S/C25H20ClN3O3S2/c1-32-18-10-11-19-20(13-18)34-22(21(19)26)24(31)29-25(33)28-17-9-5-8-16(12-17)23(30)27-14-15-6-3-2-4-7-15/h2-13H,14H2,1H3,(H,27,30)(H2,28,29,31,33). The number of hydrogen-bond acceptors (Lipinski definition) is 5. The maximum Gasteiger partial charge on any atom is 0.269 e. The van der Waals surface area contributed by atoms with Crippen LogP contribution in [0.1, 0.15) is 25.6 Å². The highest BCUT2D eigenvalue weighted by molar-refractivity contribution is 7.80. The molecule has 1 heterocycles. The van der Waals surface area contributed by atoms with Gasteiger partial charge in [0.05, 0.1) is 12.1 Å². The fourth-order valence-corrected chi connectivity index (χ4v) is 4.91. The number of fused-ring (bicyclic) bond motifs is 1. The van der Waals surface area contributed by atoms with Gasteiger partial charge in [-0.1, -0.05) is 48.0 Å². The van der Waals surface area contributed by atoms with E-state index < -0.39 is 5.91 Å². The number of anilines is 1. The highest BCUT2D eigenvalue weighted by Gasteiger charge is 2.18. The minimum Gasteiger partial charge on any atom is -0.497 e. The molecule has 0 spiro atoms. The van der Waals surface area contributed by atoms with E-state index in [9.17, 15) is 9.59 Å². The summed E-state index contributed by atoms with van der Waals surface area (Å²) in [6.07, 6.45) is 0. The second-order valence-corrected chi connectivity index (χ2v) is 9.10. The molecule has 0 unspecified atom stereocenters. The number of carbonyl (C=O) groups is 2. The molecular formula is C25H20ClN3O3S2. The molecular weight excluding hydrogens is 490 g/mol. The Kier molecular flexibility index (Phi) is 7.42. The number of carbonyl (C=O) groups excluding carboxylic acids is 2. The molecule has 0 saturated heterocycles. The maximum atomic E-state index is 12.8. The van der Waals surface area contributed by atoms with Gasteiger partial charge in [0.15, 0.2) is 5.11 Å². The fourth-order valence-electron chi connectivity index (χ4n) is 3.26. The third-order valence-corrected chi connectivity index (χ3v) is 6.81. The normalized spacial score (nSPS) is 10.5. The summed E-state index contributed by atoms with van der Waals surface area (Å²) < 4.78 is 6.07. The first-order valence-electron chi connectivity index (χ1n) is 10.2. The lowest BCUT2D eigenvalue weighted by atomic mass is 10.1. The smallest absolute Gasteiger partial charge is 0.269 e. The lowest BCUT2D eigenvalue weighted by molar-refractivity contribution is 0.0948. The van der Waals surface area contributed by atoms with Crippen LogP contribution in [0, 0.1) is 0 Å². The fraction of sp³-hybridized carbons (Fsp3) is 0.0800. The van der Waals surface area contributed by atoms with Crippen LogP contribution in [0.5, 0.6) is 5.75 Å². The zero-order valence-corrected chi connectivity index (χ0v) is 20.4. The van der Waals surface area contributed by atoms with E-state index in [0.717, 1.165) is 15.6 Å². The van der Waals surface area contributed by atoms with Crippen LogP contribution in [0.3, 0.4) is 0 Å². The van der Waals surface area contributed by atoms with E-state index in [0.29, 0.717) is 33.4 Å². The van der Waals surface area contributed by atoms with Gasteiger partial charge in [-0.05, 0) is 54.2 Å². The van der Waals surface area contributed by atoms with E-state index in [2.05, 4.69) is 16.0 Å². The molecule has 0 aliphatic carbocycles. The molecule has 0 saturated carbocycles. The van der Waals surface area contributed by atoms with Crippen LogP contribution >= 0.6 is 35.2 Å². The van der Waals surface area contributed by atoms with Crippen molar-refractivity contribution in [1.29, 1.82) is 0 Å². The second kappa shape index (κ2) is 10.6. The first kappa shape index (κ1) is 23.7. The van der Waals surface area contributed by atoms with Crippen molar-refractivity contribution in [2.45, 2.75) is 6.54 Å². The largest absolute Gasteiger partial charge is 0.497 e. The van der Waals surface area contributed by atoms with Crippen molar-refractivity contribution in [1.82, 2.24) is 10.6 Å². The molecule has 0 fully saturated rings. The van der Waals surface area contributed by atoms with Gasteiger partial charge >= 0.3 is 0 Å². The summed E-state index contributed by atoms with van der Waals surface area (Å²) in [7, 11) is 1.58. The van der Waals surface area contributed by atoms with Crippen LogP contribution in [-0.2, 0) is 6.54 Å². The number of methoxy groups -OCH3 is 1. The maximum absolute atomic E-state index is 12.8. The zero-order valence-electron chi connectivity index (χ0n) is 18.1. The minimum atomic E-state index is -0.417. The molecule has 6 nitrogen and oxygen atoms in total. The molecule has 34 heavy (non-hydrogen) atoms. The third kappa shape index (κ3) is 5.53. The molecule has 4 aromatic rings. The molecule has 3 aromatic carbocycles. The number of ether oxygens (including phenoxy) is 1. The van der Waals surface area contributed by atoms with E-state index in [1.807, 2.05) is 42.5 Å². The second-order valence-electron chi connectivity index (χ2n) is 7.26. The van der Waals surface area contributed by atoms with E-state index in [1.54, 1.807) is 37.4 Å². The molecule has 0 aliphatic heterocycles. The van der Waals surface area contributed by atoms with Crippen LogP contribution in [0.4, 0.5) is 5.69 Å². The van der Waals surface area contributed by atoms with Crippen molar-refractivity contribution in [3.8, 4) is 5.75 Å². The Labute approximate surface area is 210 Å².